The first-order valence-corrected chi connectivity index (χ1v) is 8.00. The van der Waals surface area contributed by atoms with Crippen LogP contribution in [0.25, 0.3) is 0 Å². The van der Waals surface area contributed by atoms with Crippen LogP contribution < -0.4 is 10.1 Å². The molecular formula is C15H18BrNOS. The number of ether oxygens (including phenoxy) is 1. The maximum Gasteiger partial charge on any atom is 0.118 e. The Morgan fingerprint density at radius 3 is 2.58 bits per heavy atom. The summed E-state index contributed by atoms with van der Waals surface area (Å²) in [5, 5.41) is 5.78. The second-order valence-corrected chi connectivity index (χ2v) is 6.66. The largest absolute Gasteiger partial charge is 0.497 e. The molecule has 1 unspecified atom stereocenters. The van der Waals surface area contributed by atoms with Crippen molar-refractivity contribution in [3.05, 3.63) is 50.6 Å². The van der Waals surface area contributed by atoms with Gasteiger partial charge in [0.05, 0.1) is 10.9 Å². The van der Waals surface area contributed by atoms with Crippen molar-refractivity contribution in [1.29, 1.82) is 0 Å². The molecule has 1 atom stereocenters. The van der Waals surface area contributed by atoms with Gasteiger partial charge in [-0.1, -0.05) is 19.1 Å². The van der Waals surface area contributed by atoms with E-state index in [4.69, 9.17) is 4.74 Å². The molecule has 0 fully saturated rings. The fraction of sp³-hybridized carbons (Fsp3) is 0.333. The van der Waals surface area contributed by atoms with Crippen molar-refractivity contribution < 1.29 is 4.74 Å². The van der Waals surface area contributed by atoms with Crippen LogP contribution in [0.3, 0.4) is 0 Å². The normalized spacial score (nSPS) is 12.4. The Balaban J connectivity index is 1.98. The zero-order valence-electron chi connectivity index (χ0n) is 11.2. The summed E-state index contributed by atoms with van der Waals surface area (Å²) < 4.78 is 6.37. The Morgan fingerprint density at radius 2 is 2.05 bits per heavy atom. The second-order valence-electron chi connectivity index (χ2n) is 4.37. The van der Waals surface area contributed by atoms with Gasteiger partial charge in [-0.15, -0.1) is 11.3 Å². The van der Waals surface area contributed by atoms with Gasteiger partial charge in [-0.05, 0) is 57.1 Å². The fourth-order valence-electron chi connectivity index (χ4n) is 2.01. The Hall–Kier alpha value is -0.840. The molecule has 0 saturated heterocycles. The number of rotatable bonds is 6. The van der Waals surface area contributed by atoms with Crippen LogP contribution in [0.15, 0.2) is 39.5 Å². The van der Waals surface area contributed by atoms with Gasteiger partial charge in [-0.3, -0.25) is 0 Å². The van der Waals surface area contributed by atoms with Crippen LogP contribution >= 0.6 is 27.3 Å². The lowest BCUT2D eigenvalue weighted by Crippen LogP contribution is -2.19. The lowest BCUT2D eigenvalue weighted by atomic mass is 10.0. The molecule has 1 heterocycles. The molecule has 1 aromatic heterocycles. The number of thiophene rings is 1. The zero-order chi connectivity index (χ0) is 13.7. The Kier molecular flexibility index (Phi) is 5.43. The van der Waals surface area contributed by atoms with Crippen molar-refractivity contribution in [2.24, 2.45) is 0 Å². The van der Waals surface area contributed by atoms with Gasteiger partial charge in [0.2, 0.25) is 0 Å². The monoisotopic (exact) mass is 339 g/mol. The topological polar surface area (TPSA) is 21.3 Å². The average Bonchev–Trinajstić information content (AvgIpc) is 2.86. The summed E-state index contributed by atoms with van der Waals surface area (Å²) in [6, 6.07) is 10.8. The van der Waals surface area contributed by atoms with E-state index in [0.717, 1.165) is 18.7 Å². The predicted octanol–water partition coefficient (Wildman–Crippen LogP) is 4.76. The van der Waals surface area contributed by atoms with Gasteiger partial charge in [0.1, 0.15) is 5.75 Å². The van der Waals surface area contributed by atoms with E-state index in [-0.39, 0.29) is 0 Å². The number of methoxy groups -OCH3 is 1. The summed E-state index contributed by atoms with van der Waals surface area (Å²) in [4.78, 5) is 0. The van der Waals surface area contributed by atoms with E-state index in [2.05, 4.69) is 51.7 Å². The summed E-state index contributed by atoms with van der Waals surface area (Å²) in [6.07, 6.45) is 1.07. The molecule has 0 aliphatic heterocycles. The summed E-state index contributed by atoms with van der Waals surface area (Å²) in [7, 11) is 1.69. The molecule has 0 bridgehead atoms. The molecule has 1 N–H and O–H groups in total. The van der Waals surface area contributed by atoms with Gasteiger partial charge < -0.3 is 10.1 Å². The standard InChI is InChI=1S/C15H18BrNOS/c1-3-14(12-4-6-13(18-2)7-5-12)17-9-11-8-15(16)19-10-11/h4-8,10,14,17H,3,9H2,1-2H3. The van der Waals surface area contributed by atoms with E-state index < -0.39 is 0 Å². The van der Waals surface area contributed by atoms with E-state index in [1.807, 2.05) is 12.1 Å². The first kappa shape index (κ1) is 14.6. The number of hydrogen-bond acceptors (Lipinski definition) is 3. The van der Waals surface area contributed by atoms with Gasteiger partial charge in [-0.2, -0.15) is 0 Å². The smallest absolute Gasteiger partial charge is 0.118 e. The maximum atomic E-state index is 5.19. The second kappa shape index (κ2) is 7.08. The van der Waals surface area contributed by atoms with Gasteiger partial charge >= 0.3 is 0 Å². The first-order chi connectivity index (χ1) is 9.22. The highest BCUT2D eigenvalue weighted by molar-refractivity contribution is 9.11. The van der Waals surface area contributed by atoms with Gasteiger partial charge in [0.15, 0.2) is 0 Å². The highest BCUT2D eigenvalue weighted by Crippen LogP contribution is 2.23. The van der Waals surface area contributed by atoms with E-state index in [1.54, 1.807) is 18.4 Å². The van der Waals surface area contributed by atoms with Crippen LogP contribution in [0.5, 0.6) is 5.75 Å². The van der Waals surface area contributed by atoms with Crippen molar-refractivity contribution >= 4 is 27.3 Å². The lowest BCUT2D eigenvalue weighted by molar-refractivity contribution is 0.414. The van der Waals surface area contributed by atoms with Crippen molar-refractivity contribution in [2.75, 3.05) is 7.11 Å². The molecule has 0 aliphatic carbocycles. The van der Waals surface area contributed by atoms with Crippen LogP contribution in [0.4, 0.5) is 0 Å². The molecule has 1 aromatic carbocycles. The average molecular weight is 340 g/mol. The third-order valence-corrected chi connectivity index (χ3v) is 4.65. The third-order valence-electron chi connectivity index (χ3n) is 3.10. The third kappa shape index (κ3) is 4.06. The van der Waals surface area contributed by atoms with Gasteiger partial charge in [0.25, 0.3) is 0 Å². The lowest BCUT2D eigenvalue weighted by Gasteiger charge is -2.17. The van der Waals surface area contributed by atoms with Crippen molar-refractivity contribution in [2.45, 2.75) is 25.9 Å². The quantitative estimate of drug-likeness (QED) is 0.819. The Labute approximate surface area is 126 Å². The SMILES string of the molecule is CCC(NCc1csc(Br)c1)c1ccc(OC)cc1. The zero-order valence-corrected chi connectivity index (χ0v) is 13.6. The Bertz CT molecular complexity index is 509. The first-order valence-electron chi connectivity index (χ1n) is 6.33. The number of benzene rings is 1. The minimum Gasteiger partial charge on any atom is -0.497 e. The molecule has 0 aliphatic rings. The Morgan fingerprint density at radius 1 is 1.32 bits per heavy atom. The molecule has 0 radical (unpaired) electrons. The minimum atomic E-state index is 0.379. The molecule has 4 heteroatoms. The van der Waals surface area contributed by atoms with Crippen LogP contribution in [0.1, 0.15) is 30.5 Å². The minimum absolute atomic E-state index is 0.379. The van der Waals surface area contributed by atoms with E-state index >= 15 is 0 Å². The van der Waals surface area contributed by atoms with Crippen molar-refractivity contribution in [3.8, 4) is 5.75 Å². The van der Waals surface area contributed by atoms with Crippen LogP contribution in [0.2, 0.25) is 0 Å². The maximum absolute atomic E-state index is 5.19. The molecular weight excluding hydrogens is 322 g/mol. The fourth-order valence-corrected chi connectivity index (χ4v) is 3.22. The van der Waals surface area contributed by atoms with E-state index in [0.29, 0.717) is 6.04 Å². The molecule has 0 saturated carbocycles. The molecule has 0 spiro atoms. The predicted molar refractivity (Wildman–Crippen MR) is 84.9 cm³/mol. The van der Waals surface area contributed by atoms with Gasteiger partial charge in [-0.25, -0.2) is 0 Å². The number of hydrogen-bond donors (Lipinski definition) is 1. The number of nitrogens with one attached hydrogen (secondary N) is 1. The highest BCUT2D eigenvalue weighted by Gasteiger charge is 2.09. The van der Waals surface area contributed by atoms with E-state index in [1.165, 1.54) is 14.9 Å². The molecule has 19 heavy (non-hydrogen) atoms. The van der Waals surface area contributed by atoms with E-state index in [9.17, 15) is 0 Å². The summed E-state index contributed by atoms with van der Waals surface area (Å²) in [6.45, 7) is 3.10. The molecule has 2 aromatic rings. The summed E-state index contributed by atoms with van der Waals surface area (Å²) in [5.41, 5.74) is 2.63. The van der Waals surface area contributed by atoms with Crippen molar-refractivity contribution in [1.82, 2.24) is 5.32 Å². The van der Waals surface area contributed by atoms with Crippen LogP contribution in [-0.4, -0.2) is 7.11 Å². The number of halogens is 1. The highest BCUT2D eigenvalue weighted by atomic mass is 79.9. The van der Waals surface area contributed by atoms with Crippen molar-refractivity contribution in [3.63, 3.8) is 0 Å². The van der Waals surface area contributed by atoms with Crippen LogP contribution in [-0.2, 0) is 6.54 Å². The molecule has 2 rings (SSSR count). The molecule has 2 nitrogen and oxygen atoms in total. The van der Waals surface area contributed by atoms with Crippen LogP contribution in [0, 0.1) is 0 Å². The molecule has 0 amide bonds. The summed E-state index contributed by atoms with van der Waals surface area (Å²) >= 11 is 5.22. The van der Waals surface area contributed by atoms with Gasteiger partial charge in [0, 0.05) is 12.6 Å². The summed E-state index contributed by atoms with van der Waals surface area (Å²) in [5.74, 6) is 0.903. The molecule has 102 valence electrons.